The van der Waals surface area contributed by atoms with Crippen LogP contribution < -0.4 is 4.74 Å². The van der Waals surface area contributed by atoms with Gasteiger partial charge in [-0.3, -0.25) is 0 Å². The highest BCUT2D eigenvalue weighted by Gasteiger charge is 2.32. The van der Waals surface area contributed by atoms with Crippen molar-refractivity contribution < 1.29 is 4.74 Å². The molecular formula is C17H17Br2ClO. The summed E-state index contributed by atoms with van der Waals surface area (Å²) in [4.78, 5) is 0. The Kier molecular flexibility index (Phi) is 6.15. The highest BCUT2D eigenvalue weighted by Crippen LogP contribution is 2.37. The zero-order valence-corrected chi connectivity index (χ0v) is 15.7. The first-order chi connectivity index (χ1) is 10.1. The molecule has 0 radical (unpaired) electrons. The third kappa shape index (κ3) is 3.82. The molecule has 0 unspecified atom stereocenters. The first kappa shape index (κ1) is 16.9. The molecule has 0 saturated heterocycles. The molecule has 2 aromatic carbocycles. The van der Waals surface area contributed by atoms with Crippen LogP contribution in [-0.4, -0.2) is 17.8 Å². The molecule has 0 aliphatic carbocycles. The van der Waals surface area contributed by atoms with E-state index in [2.05, 4.69) is 50.1 Å². The largest absolute Gasteiger partial charge is 0.497 e. The van der Waals surface area contributed by atoms with Crippen LogP contribution in [0.4, 0.5) is 0 Å². The van der Waals surface area contributed by atoms with Gasteiger partial charge in [-0.15, -0.1) is 0 Å². The Hall–Kier alpha value is -0.510. The van der Waals surface area contributed by atoms with Crippen molar-refractivity contribution in [3.05, 3.63) is 64.7 Å². The van der Waals surface area contributed by atoms with Gasteiger partial charge < -0.3 is 4.74 Å². The van der Waals surface area contributed by atoms with Gasteiger partial charge in [0.15, 0.2) is 0 Å². The van der Waals surface area contributed by atoms with Gasteiger partial charge in [0, 0.05) is 21.1 Å². The predicted octanol–water partition coefficient (Wildman–Crippen LogP) is 5.62. The minimum atomic E-state index is -0.0926. The van der Waals surface area contributed by atoms with Gasteiger partial charge in [0.1, 0.15) is 5.75 Å². The van der Waals surface area contributed by atoms with Crippen molar-refractivity contribution in [2.45, 2.75) is 11.8 Å². The summed E-state index contributed by atoms with van der Waals surface area (Å²) in [6, 6.07) is 16.2. The van der Waals surface area contributed by atoms with E-state index >= 15 is 0 Å². The highest BCUT2D eigenvalue weighted by molar-refractivity contribution is 9.09. The summed E-state index contributed by atoms with van der Waals surface area (Å²) in [7, 11) is 1.69. The average molecular weight is 433 g/mol. The van der Waals surface area contributed by atoms with Crippen molar-refractivity contribution in [3.63, 3.8) is 0 Å². The molecule has 0 heterocycles. The smallest absolute Gasteiger partial charge is 0.119 e. The molecule has 0 aromatic heterocycles. The Morgan fingerprint density at radius 1 is 1.05 bits per heavy atom. The molecule has 0 bridgehead atoms. The van der Waals surface area contributed by atoms with Crippen LogP contribution in [0.15, 0.2) is 48.5 Å². The topological polar surface area (TPSA) is 9.23 Å². The fraction of sp³-hybridized carbons (Fsp3) is 0.294. The fourth-order valence-corrected chi connectivity index (χ4v) is 4.70. The van der Waals surface area contributed by atoms with Crippen molar-refractivity contribution in [2.75, 3.05) is 17.8 Å². The third-order valence-corrected chi connectivity index (χ3v) is 6.11. The summed E-state index contributed by atoms with van der Waals surface area (Å²) >= 11 is 13.8. The summed E-state index contributed by atoms with van der Waals surface area (Å²) in [6.07, 6.45) is 0.879. The molecule has 0 aliphatic heterocycles. The molecule has 0 spiro atoms. The van der Waals surface area contributed by atoms with Gasteiger partial charge in [0.25, 0.3) is 0 Å². The monoisotopic (exact) mass is 430 g/mol. The highest BCUT2D eigenvalue weighted by atomic mass is 79.9. The van der Waals surface area contributed by atoms with Gasteiger partial charge in [0.2, 0.25) is 0 Å². The second-order valence-electron chi connectivity index (χ2n) is 5.06. The zero-order valence-electron chi connectivity index (χ0n) is 11.8. The van der Waals surface area contributed by atoms with Crippen molar-refractivity contribution >= 4 is 43.5 Å². The number of ether oxygens (including phenoxy) is 1. The van der Waals surface area contributed by atoms with E-state index in [1.807, 2.05) is 30.3 Å². The van der Waals surface area contributed by atoms with Crippen molar-refractivity contribution in [2.24, 2.45) is 0 Å². The van der Waals surface area contributed by atoms with E-state index in [-0.39, 0.29) is 5.41 Å². The molecule has 4 heteroatoms. The lowest BCUT2D eigenvalue weighted by Gasteiger charge is -2.32. The van der Waals surface area contributed by atoms with E-state index in [1.165, 1.54) is 5.56 Å². The number of methoxy groups -OCH3 is 1. The quantitative estimate of drug-likeness (QED) is 0.539. The van der Waals surface area contributed by atoms with Crippen molar-refractivity contribution in [3.8, 4) is 5.75 Å². The lowest BCUT2D eigenvalue weighted by molar-refractivity contribution is 0.413. The molecular weight excluding hydrogens is 415 g/mol. The summed E-state index contributed by atoms with van der Waals surface area (Å²) in [5.74, 6) is 0.879. The van der Waals surface area contributed by atoms with Crippen LogP contribution in [0.5, 0.6) is 5.75 Å². The minimum Gasteiger partial charge on any atom is -0.497 e. The van der Waals surface area contributed by atoms with Crippen LogP contribution >= 0.6 is 43.5 Å². The van der Waals surface area contributed by atoms with E-state index < -0.39 is 0 Å². The third-order valence-electron chi connectivity index (χ3n) is 3.63. The first-order valence-corrected chi connectivity index (χ1v) is 9.27. The van der Waals surface area contributed by atoms with E-state index in [0.29, 0.717) is 0 Å². The lowest BCUT2D eigenvalue weighted by atomic mass is 9.79. The molecule has 0 amide bonds. The summed E-state index contributed by atoms with van der Waals surface area (Å²) in [5, 5.41) is 2.46. The molecule has 2 rings (SSSR count). The van der Waals surface area contributed by atoms with Crippen LogP contribution in [0.1, 0.15) is 11.1 Å². The van der Waals surface area contributed by atoms with E-state index in [0.717, 1.165) is 33.4 Å². The Labute approximate surface area is 147 Å². The number of alkyl halides is 2. The average Bonchev–Trinajstić information content (AvgIpc) is 2.53. The number of rotatable bonds is 6. The molecule has 112 valence electrons. The second kappa shape index (κ2) is 7.66. The summed E-state index contributed by atoms with van der Waals surface area (Å²) in [6.45, 7) is 0. The Bertz CT molecular complexity index is 597. The van der Waals surface area contributed by atoms with Gasteiger partial charge in [0.05, 0.1) is 7.11 Å². The van der Waals surface area contributed by atoms with Gasteiger partial charge in [-0.05, 0) is 35.7 Å². The maximum Gasteiger partial charge on any atom is 0.119 e. The molecule has 0 aliphatic rings. The normalized spacial score (nSPS) is 11.4. The van der Waals surface area contributed by atoms with E-state index in [1.54, 1.807) is 7.11 Å². The fourth-order valence-electron chi connectivity index (χ4n) is 2.43. The Balaban J connectivity index is 2.40. The summed E-state index contributed by atoms with van der Waals surface area (Å²) < 4.78 is 5.32. The number of benzene rings is 2. The van der Waals surface area contributed by atoms with Crippen LogP contribution in [0.3, 0.4) is 0 Å². The number of hydrogen-bond donors (Lipinski definition) is 0. The zero-order chi connectivity index (χ0) is 15.3. The van der Waals surface area contributed by atoms with Gasteiger partial charge in [-0.1, -0.05) is 73.8 Å². The lowest BCUT2D eigenvalue weighted by Crippen LogP contribution is -2.33. The molecule has 1 nitrogen and oxygen atoms in total. The number of halogens is 3. The predicted molar refractivity (Wildman–Crippen MR) is 97.4 cm³/mol. The molecule has 0 saturated carbocycles. The SMILES string of the molecule is COc1cccc(CC(CBr)(CBr)c2ccccc2Cl)c1. The van der Waals surface area contributed by atoms with Crippen molar-refractivity contribution in [1.29, 1.82) is 0 Å². The maximum atomic E-state index is 6.42. The maximum absolute atomic E-state index is 6.42. The first-order valence-electron chi connectivity index (χ1n) is 6.65. The molecule has 2 aromatic rings. The Morgan fingerprint density at radius 3 is 2.38 bits per heavy atom. The molecule has 0 atom stereocenters. The minimum absolute atomic E-state index is 0.0926. The standard InChI is InChI=1S/C17H17Br2ClO/c1-21-14-6-4-5-13(9-14)10-17(11-18,12-19)15-7-2-3-8-16(15)20/h2-9H,10-12H2,1H3. The molecule has 0 fully saturated rings. The Morgan fingerprint density at radius 2 is 1.76 bits per heavy atom. The van der Waals surface area contributed by atoms with Gasteiger partial charge in [-0.25, -0.2) is 0 Å². The van der Waals surface area contributed by atoms with E-state index in [9.17, 15) is 0 Å². The number of hydrogen-bond acceptors (Lipinski definition) is 1. The van der Waals surface area contributed by atoms with Crippen LogP contribution in [0.25, 0.3) is 0 Å². The molecule has 21 heavy (non-hydrogen) atoms. The second-order valence-corrected chi connectivity index (χ2v) is 6.58. The van der Waals surface area contributed by atoms with Crippen molar-refractivity contribution in [1.82, 2.24) is 0 Å². The van der Waals surface area contributed by atoms with Crippen LogP contribution in [0, 0.1) is 0 Å². The van der Waals surface area contributed by atoms with Gasteiger partial charge in [-0.2, -0.15) is 0 Å². The van der Waals surface area contributed by atoms with Crippen LogP contribution in [0.2, 0.25) is 5.02 Å². The van der Waals surface area contributed by atoms with Crippen LogP contribution in [-0.2, 0) is 11.8 Å². The van der Waals surface area contributed by atoms with E-state index in [4.69, 9.17) is 16.3 Å². The summed E-state index contributed by atoms with van der Waals surface area (Å²) in [5.41, 5.74) is 2.29. The van der Waals surface area contributed by atoms with Gasteiger partial charge >= 0.3 is 0 Å². The molecule has 0 N–H and O–H groups in total.